The quantitative estimate of drug-likeness (QED) is 0.756. The second kappa shape index (κ2) is 4.08. The number of halogens is 2. The molecule has 76 valence electrons. The third-order valence-electron chi connectivity index (χ3n) is 1.83. The summed E-state index contributed by atoms with van der Waals surface area (Å²) in [7, 11) is 0. The minimum absolute atomic E-state index is 0.168. The summed E-state index contributed by atoms with van der Waals surface area (Å²) in [6.45, 7) is 0. The van der Waals surface area contributed by atoms with Crippen LogP contribution in [0.15, 0.2) is 29.9 Å². The summed E-state index contributed by atoms with van der Waals surface area (Å²) in [6, 6.07) is 3.71. The molecule has 0 atom stereocenters. The van der Waals surface area contributed by atoms with Crippen molar-refractivity contribution in [2.24, 2.45) is 0 Å². The Hall–Kier alpha value is -1.26. The Morgan fingerprint density at radius 1 is 1.47 bits per heavy atom. The number of ketones is 1. The zero-order valence-electron chi connectivity index (χ0n) is 7.41. The maximum absolute atomic E-state index is 12.9. The highest BCUT2D eigenvalue weighted by Gasteiger charge is 2.14. The number of aromatic nitrogens is 1. The Morgan fingerprint density at radius 3 is 2.93 bits per heavy atom. The molecule has 2 rings (SSSR count). The van der Waals surface area contributed by atoms with Crippen LogP contribution in [0.3, 0.4) is 0 Å². The van der Waals surface area contributed by atoms with Gasteiger partial charge in [0, 0.05) is 11.8 Å². The molecule has 1 heterocycles. The molecule has 0 bridgehead atoms. The number of hydrogen-bond acceptors (Lipinski definition) is 3. The number of benzene rings is 1. The topological polar surface area (TPSA) is 30.0 Å². The van der Waals surface area contributed by atoms with Gasteiger partial charge in [0.25, 0.3) is 0 Å². The van der Waals surface area contributed by atoms with Crippen LogP contribution in [0.4, 0.5) is 4.39 Å². The lowest BCUT2D eigenvalue weighted by atomic mass is 10.1. The van der Waals surface area contributed by atoms with Gasteiger partial charge >= 0.3 is 0 Å². The summed E-state index contributed by atoms with van der Waals surface area (Å²) in [5, 5.41) is 0.245. The first-order valence-corrected chi connectivity index (χ1v) is 5.32. The van der Waals surface area contributed by atoms with Crippen molar-refractivity contribution < 1.29 is 9.18 Å². The smallest absolute Gasteiger partial charge is 0.206 e. The Kier molecular flexibility index (Phi) is 2.79. The third kappa shape index (κ3) is 2.06. The van der Waals surface area contributed by atoms with Crippen LogP contribution in [0.1, 0.15) is 15.2 Å². The number of carbonyl (C=O) groups excluding carboxylic acids is 1. The van der Waals surface area contributed by atoms with Gasteiger partial charge in [0.1, 0.15) is 5.82 Å². The first kappa shape index (κ1) is 10.3. The third-order valence-corrected chi connectivity index (χ3v) is 2.93. The summed E-state index contributed by atoms with van der Waals surface area (Å²) in [5.74, 6) is -0.783. The first-order chi connectivity index (χ1) is 7.18. The van der Waals surface area contributed by atoms with Crippen LogP contribution in [0.25, 0.3) is 0 Å². The zero-order valence-corrected chi connectivity index (χ0v) is 8.98. The fourth-order valence-electron chi connectivity index (χ4n) is 1.13. The molecule has 0 aliphatic carbocycles. The number of thiazole rings is 1. The maximum Gasteiger partial charge on any atom is 0.206 e. The minimum atomic E-state index is -0.479. The predicted octanol–water partition coefficient (Wildman–Crippen LogP) is 3.17. The summed E-state index contributed by atoms with van der Waals surface area (Å²) in [5.41, 5.74) is 1.71. The van der Waals surface area contributed by atoms with Crippen molar-refractivity contribution in [1.29, 1.82) is 0 Å². The SMILES string of the molecule is O=C(c1cncs1)c1cc(F)ccc1Cl. The molecule has 2 aromatic rings. The highest BCUT2D eigenvalue weighted by molar-refractivity contribution is 7.11. The number of rotatable bonds is 2. The highest BCUT2D eigenvalue weighted by Crippen LogP contribution is 2.21. The fourth-order valence-corrected chi connectivity index (χ4v) is 1.91. The average Bonchev–Trinajstić information content (AvgIpc) is 2.74. The molecular weight excluding hydrogens is 237 g/mol. The van der Waals surface area contributed by atoms with E-state index in [-0.39, 0.29) is 16.4 Å². The number of hydrogen-bond donors (Lipinski definition) is 0. The Balaban J connectivity index is 2.46. The van der Waals surface area contributed by atoms with Crippen LogP contribution < -0.4 is 0 Å². The second-order valence-electron chi connectivity index (χ2n) is 2.82. The van der Waals surface area contributed by atoms with Crippen LogP contribution >= 0.6 is 22.9 Å². The maximum atomic E-state index is 12.9. The monoisotopic (exact) mass is 241 g/mol. The molecule has 5 heteroatoms. The molecule has 0 aliphatic rings. The molecule has 1 aromatic heterocycles. The van der Waals surface area contributed by atoms with Crippen LogP contribution in [0.2, 0.25) is 5.02 Å². The standard InChI is InChI=1S/C10H5ClFNOS/c11-8-2-1-6(12)3-7(8)10(14)9-4-13-5-15-9/h1-5H. The molecule has 15 heavy (non-hydrogen) atoms. The van der Waals surface area contributed by atoms with Crippen LogP contribution in [-0.4, -0.2) is 10.8 Å². The lowest BCUT2D eigenvalue weighted by molar-refractivity contribution is 0.104. The van der Waals surface area contributed by atoms with Gasteiger partial charge in [0.05, 0.1) is 15.4 Å². The Bertz CT molecular complexity index is 498. The molecule has 0 fully saturated rings. The first-order valence-electron chi connectivity index (χ1n) is 4.07. The van der Waals surface area contributed by atoms with Crippen molar-refractivity contribution in [3.05, 3.63) is 51.2 Å². The molecule has 0 aliphatic heterocycles. The molecule has 0 saturated carbocycles. The molecule has 1 aromatic carbocycles. The van der Waals surface area contributed by atoms with Gasteiger partial charge in [-0.15, -0.1) is 11.3 Å². The van der Waals surface area contributed by atoms with E-state index in [1.165, 1.54) is 29.7 Å². The van der Waals surface area contributed by atoms with Gasteiger partial charge in [-0.2, -0.15) is 0 Å². The molecule has 0 radical (unpaired) electrons. The van der Waals surface area contributed by atoms with Crippen molar-refractivity contribution >= 4 is 28.7 Å². The molecule has 2 nitrogen and oxygen atoms in total. The van der Waals surface area contributed by atoms with Crippen LogP contribution in [0.5, 0.6) is 0 Å². The Morgan fingerprint density at radius 2 is 2.27 bits per heavy atom. The van der Waals surface area contributed by atoms with E-state index in [0.29, 0.717) is 4.88 Å². The summed E-state index contributed by atoms with van der Waals surface area (Å²) in [4.78, 5) is 16.0. The van der Waals surface area contributed by atoms with Gasteiger partial charge in [0.15, 0.2) is 0 Å². The van der Waals surface area contributed by atoms with Gasteiger partial charge < -0.3 is 0 Å². The summed E-state index contributed by atoms with van der Waals surface area (Å²) >= 11 is 7.00. The summed E-state index contributed by atoms with van der Waals surface area (Å²) < 4.78 is 12.9. The van der Waals surface area contributed by atoms with Gasteiger partial charge in [-0.1, -0.05) is 11.6 Å². The molecule has 0 amide bonds. The van der Waals surface area contributed by atoms with Crippen LogP contribution in [-0.2, 0) is 0 Å². The molecule has 0 saturated heterocycles. The second-order valence-corrected chi connectivity index (χ2v) is 4.11. The highest BCUT2D eigenvalue weighted by atomic mass is 35.5. The normalized spacial score (nSPS) is 10.3. The molecule has 0 N–H and O–H groups in total. The van der Waals surface area contributed by atoms with Crippen molar-refractivity contribution in [3.8, 4) is 0 Å². The van der Waals surface area contributed by atoms with Crippen LogP contribution in [0, 0.1) is 5.82 Å². The van der Waals surface area contributed by atoms with E-state index in [1.807, 2.05) is 0 Å². The van der Waals surface area contributed by atoms with Crippen molar-refractivity contribution in [3.63, 3.8) is 0 Å². The lowest BCUT2D eigenvalue weighted by Crippen LogP contribution is -2.00. The van der Waals surface area contributed by atoms with E-state index < -0.39 is 5.82 Å². The molecule has 0 unspecified atom stereocenters. The van der Waals surface area contributed by atoms with Gasteiger partial charge in [-0.05, 0) is 18.2 Å². The fraction of sp³-hybridized carbons (Fsp3) is 0. The zero-order chi connectivity index (χ0) is 10.8. The van der Waals surface area contributed by atoms with E-state index in [0.717, 1.165) is 6.07 Å². The largest absolute Gasteiger partial charge is 0.288 e. The lowest BCUT2D eigenvalue weighted by Gasteiger charge is -2.00. The minimum Gasteiger partial charge on any atom is -0.288 e. The van der Waals surface area contributed by atoms with E-state index in [2.05, 4.69) is 4.98 Å². The number of carbonyl (C=O) groups is 1. The summed E-state index contributed by atoms with van der Waals surface area (Å²) in [6.07, 6.45) is 1.44. The molecular formula is C10H5ClFNOS. The Labute approximate surface area is 94.3 Å². The predicted molar refractivity (Wildman–Crippen MR) is 57.0 cm³/mol. The van der Waals surface area contributed by atoms with Crippen molar-refractivity contribution in [2.45, 2.75) is 0 Å². The van der Waals surface area contributed by atoms with E-state index in [4.69, 9.17) is 11.6 Å². The van der Waals surface area contributed by atoms with Crippen molar-refractivity contribution in [2.75, 3.05) is 0 Å². The van der Waals surface area contributed by atoms with Gasteiger partial charge in [0.2, 0.25) is 5.78 Å². The average molecular weight is 242 g/mol. The van der Waals surface area contributed by atoms with Gasteiger partial charge in [-0.25, -0.2) is 4.39 Å². The molecule has 0 spiro atoms. The number of nitrogens with zero attached hydrogens (tertiary/aromatic N) is 1. The van der Waals surface area contributed by atoms with E-state index in [1.54, 1.807) is 5.51 Å². The van der Waals surface area contributed by atoms with Gasteiger partial charge in [-0.3, -0.25) is 9.78 Å². The van der Waals surface area contributed by atoms with E-state index in [9.17, 15) is 9.18 Å². The van der Waals surface area contributed by atoms with E-state index >= 15 is 0 Å². The van der Waals surface area contributed by atoms with Crippen molar-refractivity contribution in [1.82, 2.24) is 4.98 Å².